The number of hydrogen-bond donors (Lipinski definition) is 2. The van der Waals surface area contributed by atoms with Crippen LogP contribution in [0.4, 0.5) is 0 Å². The Balaban J connectivity index is 4.45. The maximum Gasteiger partial charge on any atom is 0.333 e. The lowest BCUT2D eigenvalue weighted by Crippen LogP contribution is -2.40. The zero-order valence-corrected chi connectivity index (χ0v) is 39.4. The molecular weight excluding hydrogens is 723 g/mol. The first kappa shape index (κ1) is 55.9. The van der Waals surface area contributed by atoms with Crippen LogP contribution in [0.5, 0.6) is 0 Å². The molecule has 0 heterocycles. The average molecular weight is 820 g/mol. The van der Waals surface area contributed by atoms with Crippen molar-refractivity contribution in [3.63, 3.8) is 0 Å². The zero-order valence-electron chi connectivity index (χ0n) is 38.4. The topological polar surface area (TPSA) is 71.4 Å². The molecule has 0 amide bonds. The van der Waals surface area contributed by atoms with Gasteiger partial charge in [-0.15, -0.1) is 0 Å². The average Bonchev–Trinajstić information content (AvgIpc) is 3.20. The van der Waals surface area contributed by atoms with Crippen LogP contribution >= 0.6 is 0 Å². The van der Waals surface area contributed by atoms with Crippen LogP contribution in [0.25, 0.3) is 0 Å². The Morgan fingerprint density at radius 2 is 0.860 bits per heavy atom. The minimum absolute atomic E-state index is 0.161. The molecule has 0 fully saturated rings. The maximum atomic E-state index is 9.20. The number of aliphatic hydroxyl groups is 2. The fraction of sp³-hybridized carbons (Fsp3) is 0.840. The van der Waals surface area contributed by atoms with Crippen molar-refractivity contribution in [1.29, 1.82) is 0 Å². The lowest BCUT2D eigenvalue weighted by Gasteiger charge is -2.29. The van der Waals surface area contributed by atoms with Crippen LogP contribution in [0.3, 0.4) is 0 Å². The predicted molar refractivity (Wildman–Crippen MR) is 251 cm³/mol. The van der Waals surface area contributed by atoms with Crippen LogP contribution in [0.1, 0.15) is 206 Å². The highest BCUT2D eigenvalue weighted by atomic mass is 28.4. The van der Waals surface area contributed by atoms with Gasteiger partial charge in [-0.05, 0) is 129 Å². The molecule has 57 heavy (non-hydrogen) atoms. The second-order valence-corrected chi connectivity index (χ2v) is 20.0. The first-order valence-corrected chi connectivity index (χ1v) is 27.3. The summed E-state index contributed by atoms with van der Waals surface area (Å²) in [6.45, 7) is 13.7. The Kier molecular flexibility index (Phi) is 45.2. The first-order valence-electron chi connectivity index (χ1n) is 24.5. The summed E-state index contributed by atoms with van der Waals surface area (Å²) in [5.74, 6) is 0. The van der Waals surface area contributed by atoms with Gasteiger partial charge in [-0.3, -0.25) is 0 Å². The number of aliphatic hydroxyl groups excluding tert-OH is 2. The molecule has 2 N–H and O–H groups in total. The molecule has 0 aromatic heterocycles. The second-order valence-electron chi connectivity index (χ2n) is 16.7. The molecule has 0 saturated carbocycles. The minimum atomic E-state index is -2.31. The largest absolute Gasteiger partial charge is 0.396 e. The van der Waals surface area contributed by atoms with Crippen LogP contribution in [0, 0.1) is 0 Å². The lowest BCUT2D eigenvalue weighted by atomic mass is 10.1. The van der Waals surface area contributed by atoms with E-state index in [0.717, 1.165) is 97.1 Å². The smallest absolute Gasteiger partial charge is 0.333 e. The standard InChI is InChI=1S/C50H97NO5Si/c1-5-7-9-11-13-15-17-19-21-23-25-27-29-31-34-38-48-54-50(42-36-32-30-28-26-24-22-20-18-16-14-12-10-8-6-2)56-57(3,4)55-49-39-35-33-37-43-51(44-40-46-52)45-41-47-53/h13-16,19-22,50,52-53H,5-12,17-18,23-49H2,1-4H3/b15-13-,16-14-,21-19-,22-20-. The summed E-state index contributed by atoms with van der Waals surface area (Å²) in [6, 6.07) is 0. The van der Waals surface area contributed by atoms with E-state index in [9.17, 15) is 10.2 Å². The molecule has 6 nitrogen and oxygen atoms in total. The molecule has 0 spiro atoms. The Hall–Kier alpha value is -1.06. The van der Waals surface area contributed by atoms with E-state index in [-0.39, 0.29) is 19.5 Å². The van der Waals surface area contributed by atoms with E-state index in [0.29, 0.717) is 0 Å². The van der Waals surface area contributed by atoms with Crippen LogP contribution in [-0.4, -0.2) is 76.0 Å². The molecule has 0 aliphatic rings. The van der Waals surface area contributed by atoms with E-state index < -0.39 is 8.56 Å². The maximum absolute atomic E-state index is 9.20. The molecule has 0 radical (unpaired) electrons. The Labute approximate surface area is 356 Å². The molecule has 0 saturated heterocycles. The van der Waals surface area contributed by atoms with Crippen molar-refractivity contribution in [3.05, 3.63) is 48.6 Å². The highest BCUT2D eigenvalue weighted by Gasteiger charge is 2.29. The summed E-state index contributed by atoms with van der Waals surface area (Å²) in [5.41, 5.74) is 0. The van der Waals surface area contributed by atoms with Crippen molar-refractivity contribution < 1.29 is 23.8 Å². The van der Waals surface area contributed by atoms with E-state index >= 15 is 0 Å². The van der Waals surface area contributed by atoms with Crippen molar-refractivity contribution in [2.75, 3.05) is 46.1 Å². The van der Waals surface area contributed by atoms with Gasteiger partial charge in [-0.1, -0.05) is 146 Å². The molecule has 0 aromatic rings. The molecule has 1 unspecified atom stereocenters. The quantitative estimate of drug-likeness (QED) is 0.0276. The molecule has 0 aromatic carbocycles. The monoisotopic (exact) mass is 820 g/mol. The third-order valence-electron chi connectivity index (χ3n) is 10.5. The van der Waals surface area contributed by atoms with Crippen molar-refractivity contribution in [3.8, 4) is 0 Å². The molecule has 7 heteroatoms. The van der Waals surface area contributed by atoms with E-state index in [2.05, 4.69) is 80.4 Å². The fourth-order valence-electron chi connectivity index (χ4n) is 6.99. The Bertz CT molecular complexity index is 899. The number of allylic oxidation sites excluding steroid dienone is 8. The third kappa shape index (κ3) is 44.3. The van der Waals surface area contributed by atoms with Gasteiger partial charge >= 0.3 is 8.56 Å². The number of rotatable bonds is 46. The summed E-state index contributed by atoms with van der Waals surface area (Å²) < 4.78 is 19.5. The van der Waals surface area contributed by atoms with Crippen molar-refractivity contribution in [2.24, 2.45) is 0 Å². The third-order valence-corrected chi connectivity index (χ3v) is 12.3. The van der Waals surface area contributed by atoms with Crippen molar-refractivity contribution >= 4 is 8.56 Å². The fourth-order valence-corrected chi connectivity index (χ4v) is 8.51. The second kappa shape index (κ2) is 46.0. The van der Waals surface area contributed by atoms with Crippen LogP contribution in [0.2, 0.25) is 13.1 Å². The summed E-state index contributed by atoms with van der Waals surface area (Å²) in [7, 11) is -2.31. The van der Waals surface area contributed by atoms with Gasteiger partial charge < -0.3 is 28.7 Å². The summed E-state index contributed by atoms with van der Waals surface area (Å²) >= 11 is 0. The number of nitrogens with zero attached hydrogens (tertiary/aromatic N) is 1. The van der Waals surface area contributed by atoms with Gasteiger partial charge in [0.2, 0.25) is 0 Å². The summed E-state index contributed by atoms with van der Waals surface area (Å²) in [6.07, 6.45) is 54.4. The van der Waals surface area contributed by atoms with Crippen LogP contribution in [0.15, 0.2) is 48.6 Å². The van der Waals surface area contributed by atoms with E-state index in [4.69, 9.17) is 13.6 Å². The number of unbranched alkanes of at least 4 members (excludes halogenated alkanes) is 20. The van der Waals surface area contributed by atoms with Gasteiger partial charge in [0.05, 0.1) is 0 Å². The SMILES string of the molecule is CCCCC/C=C\C/C=C\CCCCCCCCOC(CCCCCCC/C=C\C/C=C\CCCCC)O[Si](C)(C)OCCCCCCN(CCCO)CCCO. The van der Waals surface area contributed by atoms with Crippen molar-refractivity contribution in [1.82, 2.24) is 4.90 Å². The summed E-state index contributed by atoms with van der Waals surface area (Å²) in [4.78, 5) is 2.37. The molecule has 0 aliphatic carbocycles. The molecular formula is C50H97NO5Si. The van der Waals surface area contributed by atoms with Crippen LogP contribution < -0.4 is 0 Å². The van der Waals surface area contributed by atoms with Gasteiger partial charge in [-0.25, -0.2) is 0 Å². The van der Waals surface area contributed by atoms with Gasteiger partial charge in [0.15, 0.2) is 0 Å². The zero-order chi connectivity index (χ0) is 41.6. The lowest BCUT2D eigenvalue weighted by molar-refractivity contribution is -0.104. The molecule has 0 aliphatic heterocycles. The molecule has 0 bridgehead atoms. The van der Waals surface area contributed by atoms with Gasteiger partial charge in [0.1, 0.15) is 6.29 Å². The summed E-state index contributed by atoms with van der Waals surface area (Å²) in [5, 5.41) is 18.4. The van der Waals surface area contributed by atoms with Crippen molar-refractivity contribution in [2.45, 2.75) is 226 Å². The number of hydrogen-bond acceptors (Lipinski definition) is 6. The highest BCUT2D eigenvalue weighted by Crippen LogP contribution is 2.19. The van der Waals surface area contributed by atoms with E-state index in [1.165, 1.54) is 128 Å². The van der Waals surface area contributed by atoms with E-state index in [1.54, 1.807) is 0 Å². The van der Waals surface area contributed by atoms with E-state index in [1.807, 2.05) is 0 Å². The highest BCUT2D eigenvalue weighted by molar-refractivity contribution is 6.64. The molecule has 1 atom stereocenters. The Morgan fingerprint density at radius 3 is 1.35 bits per heavy atom. The predicted octanol–water partition coefficient (Wildman–Crippen LogP) is 14.3. The van der Waals surface area contributed by atoms with Gasteiger partial charge in [0.25, 0.3) is 0 Å². The first-order chi connectivity index (χ1) is 28.0. The minimum Gasteiger partial charge on any atom is -0.396 e. The normalized spacial score (nSPS) is 13.2. The number of ether oxygens (including phenoxy) is 1. The van der Waals surface area contributed by atoms with Gasteiger partial charge in [0, 0.05) is 39.5 Å². The molecule has 336 valence electrons. The van der Waals surface area contributed by atoms with Crippen LogP contribution in [-0.2, 0) is 13.6 Å². The van der Waals surface area contributed by atoms with Gasteiger partial charge in [-0.2, -0.15) is 0 Å². The molecule has 0 rings (SSSR count). The Morgan fingerprint density at radius 1 is 0.456 bits per heavy atom.